The van der Waals surface area contributed by atoms with E-state index in [2.05, 4.69) is 19.1 Å². The first-order chi connectivity index (χ1) is 12.8. The zero-order valence-electron chi connectivity index (χ0n) is 16.8. The highest BCUT2D eigenvalue weighted by molar-refractivity contribution is 5.27. The second-order valence-corrected chi connectivity index (χ2v) is 7.43. The Bertz CT molecular complexity index is 416. The van der Waals surface area contributed by atoms with Gasteiger partial charge in [0, 0.05) is 0 Å². The van der Waals surface area contributed by atoms with Gasteiger partial charge in [-0.2, -0.15) is 0 Å². The molecule has 0 aromatic heterocycles. The Morgan fingerprint density at radius 2 is 1.27 bits per heavy atom. The van der Waals surface area contributed by atoms with Crippen LogP contribution in [0.2, 0.25) is 0 Å². The van der Waals surface area contributed by atoms with Crippen molar-refractivity contribution in [2.45, 2.75) is 96.5 Å². The highest BCUT2D eigenvalue weighted by atomic mass is 16.5. The summed E-state index contributed by atoms with van der Waals surface area (Å²) in [4.78, 5) is 0. The zero-order chi connectivity index (χ0) is 18.9. The third kappa shape index (κ3) is 12.3. The van der Waals surface area contributed by atoms with Crippen molar-refractivity contribution < 1.29 is 14.9 Å². The smallest absolute Gasteiger partial charge is 0.119 e. The summed E-state index contributed by atoms with van der Waals surface area (Å²) < 4.78 is 5.42. The van der Waals surface area contributed by atoms with Gasteiger partial charge >= 0.3 is 0 Å². The van der Waals surface area contributed by atoms with Crippen molar-refractivity contribution >= 4 is 0 Å². The summed E-state index contributed by atoms with van der Waals surface area (Å²) >= 11 is 0. The van der Waals surface area contributed by atoms with E-state index in [-0.39, 0.29) is 13.2 Å². The maximum atomic E-state index is 9.28. The molecule has 1 atom stereocenters. The van der Waals surface area contributed by atoms with E-state index in [1.807, 2.05) is 12.1 Å². The lowest BCUT2D eigenvalue weighted by Gasteiger charge is -2.10. The molecule has 1 aromatic rings. The van der Waals surface area contributed by atoms with E-state index in [0.29, 0.717) is 0 Å². The number of hydrogen-bond donors (Lipinski definition) is 2. The van der Waals surface area contributed by atoms with Crippen molar-refractivity contribution in [3.05, 3.63) is 29.8 Å². The molecule has 2 N–H and O–H groups in total. The second kappa shape index (κ2) is 16.1. The Kier molecular flexibility index (Phi) is 14.3. The van der Waals surface area contributed by atoms with E-state index in [0.717, 1.165) is 12.2 Å². The molecule has 0 saturated heterocycles. The van der Waals surface area contributed by atoms with Crippen molar-refractivity contribution in [1.82, 2.24) is 0 Å². The molecule has 3 nitrogen and oxygen atoms in total. The van der Waals surface area contributed by atoms with Crippen LogP contribution >= 0.6 is 0 Å². The molecule has 0 heterocycles. The quantitative estimate of drug-likeness (QED) is 0.351. The van der Waals surface area contributed by atoms with Gasteiger partial charge in [-0.15, -0.1) is 0 Å². The minimum Gasteiger partial charge on any atom is -0.491 e. The van der Waals surface area contributed by atoms with Gasteiger partial charge in [-0.25, -0.2) is 0 Å². The first-order valence-electron chi connectivity index (χ1n) is 10.8. The molecule has 26 heavy (non-hydrogen) atoms. The van der Waals surface area contributed by atoms with Gasteiger partial charge in [-0.05, 0) is 30.5 Å². The fourth-order valence-electron chi connectivity index (χ4n) is 3.17. The molecule has 0 spiro atoms. The minimum absolute atomic E-state index is 0.134. The highest BCUT2D eigenvalue weighted by Gasteiger charge is 2.03. The van der Waals surface area contributed by atoms with Gasteiger partial charge in [0.25, 0.3) is 0 Å². The van der Waals surface area contributed by atoms with Crippen LogP contribution in [0.5, 0.6) is 5.75 Å². The lowest BCUT2D eigenvalue weighted by atomic mass is 10.0. The molecule has 0 aliphatic heterocycles. The van der Waals surface area contributed by atoms with Crippen LogP contribution < -0.4 is 4.74 Å². The predicted molar refractivity (Wildman–Crippen MR) is 110 cm³/mol. The van der Waals surface area contributed by atoms with E-state index in [1.165, 1.54) is 82.6 Å². The monoisotopic (exact) mass is 364 g/mol. The third-order valence-electron chi connectivity index (χ3n) is 4.90. The number of ether oxygens (including phenoxy) is 1. The lowest BCUT2D eigenvalue weighted by molar-refractivity contribution is 0.0536. The predicted octanol–water partition coefficient (Wildman–Crippen LogP) is 5.66. The molecule has 0 saturated carbocycles. The first kappa shape index (κ1) is 23.0. The summed E-state index contributed by atoms with van der Waals surface area (Å²) in [5.41, 5.74) is 1.34. The van der Waals surface area contributed by atoms with Crippen LogP contribution in [0, 0.1) is 0 Å². The molecule has 3 heteroatoms. The van der Waals surface area contributed by atoms with Crippen LogP contribution in [0.15, 0.2) is 24.3 Å². The number of benzene rings is 1. The van der Waals surface area contributed by atoms with E-state index in [4.69, 9.17) is 9.84 Å². The number of hydrogen-bond acceptors (Lipinski definition) is 3. The largest absolute Gasteiger partial charge is 0.491 e. The van der Waals surface area contributed by atoms with Crippen molar-refractivity contribution in [2.24, 2.45) is 0 Å². The van der Waals surface area contributed by atoms with Gasteiger partial charge in [0.1, 0.15) is 18.5 Å². The SMILES string of the molecule is CCCCCCCCCCCCCCc1ccc(OCC(O)CO)cc1. The topological polar surface area (TPSA) is 49.7 Å². The Balaban J connectivity index is 1.94. The molecule has 1 unspecified atom stereocenters. The molecule has 1 rings (SSSR count). The maximum Gasteiger partial charge on any atom is 0.119 e. The molecule has 150 valence electrons. The second-order valence-electron chi connectivity index (χ2n) is 7.43. The molecular weight excluding hydrogens is 324 g/mol. The lowest BCUT2D eigenvalue weighted by Crippen LogP contribution is -2.21. The number of aliphatic hydroxyl groups is 2. The Morgan fingerprint density at radius 1 is 0.769 bits per heavy atom. The third-order valence-corrected chi connectivity index (χ3v) is 4.90. The maximum absolute atomic E-state index is 9.28. The van der Waals surface area contributed by atoms with Crippen LogP contribution in [0.4, 0.5) is 0 Å². The summed E-state index contributed by atoms with van der Waals surface area (Å²) in [6.07, 6.45) is 16.9. The number of aliphatic hydroxyl groups excluding tert-OH is 2. The van der Waals surface area contributed by atoms with Crippen LogP contribution in [0.25, 0.3) is 0 Å². The van der Waals surface area contributed by atoms with Crippen molar-refractivity contribution in [2.75, 3.05) is 13.2 Å². The van der Waals surface area contributed by atoms with Crippen molar-refractivity contribution in [1.29, 1.82) is 0 Å². The molecular formula is C23H40O3. The van der Waals surface area contributed by atoms with Gasteiger partial charge < -0.3 is 14.9 Å². The molecule has 0 radical (unpaired) electrons. The van der Waals surface area contributed by atoms with Crippen molar-refractivity contribution in [3.8, 4) is 5.75 Å². The van der Waals surface area contributed by atoms with Crippen molar-refractivity contribution in [3.63, 3.8) is 0 Å². The van der Waals surface area contributed by atoms with Gasteiger partial charge in [0.15, 0.2) is 0 Å². The zero-order valence-corrected chi connectivity index (χ0v) is 16.8. The van der Waals surface area contributed by atoms with Crippen LogP contribution in [0.3, 0.4) is 0 Å². The van der Waals surface area contributed by atoms with Gasteiger partial charge in [-0.1, -0.05) is 89.7 Å². The Hall–Kier alpha value is -1.06. The van der Waals surface area contributed by atoms with Crippen LogP contribution in [0.1, 0.15) is 89.5 Å². The first-order valence-corrected chi connectivity index (χ1v) is 10.8. The van der Waals surface area contributed by atoms with Gasteiger partial charge in [-0.3, -0.25) is 0 Å². The fourth-order valence-corrected chi connectivity index (χ4v) is 3.17. The van der Waals surface area contributed by atoms with Gasteiger partial charge in [0.2, 0.25) is 0 Å². The number of unbranched alkanes of at least 4 members (excludes halogenated alkanes) is 11. The summed E-state index contributed by atoms with van der Waals surface area (Å²) in [5.74, 6) is 0.746. The average molecular weight is 365 g/mol. The van der Waals surface area contributed by atoms with Gasteiger partial charge in [0.05, 0.1) is 6.61 Å². The van der Waals surface area contributed by atoms with E-state index < -0.39 is 6.10 Å². The van der Waals surface area contributed by atoms with Crippen LogP contribution in [-0.4, -0.2) is 29.5 Å². The molecule has 0 bridgehead atoms. The van der Waals surface area contributed by atoms with E-state index in [1.54, 1.807) is 0 Å². The van der Waals surface area contributed by atoms with Crippen LogP contribution in [-0.2, 0) is 6.42 Å². The highest BCUT2D eigenvalue weighted by Crippen LogP contribution is 2.16. The summed E-state index contributed by atoms with van der Waals surface area (Å²) in [6, 6.07) is 8.08. The van der Waals surface area contributed by atoms with E-state index >= 15 is 0 Å². The molecule has 0 amide bonds. The standard InChI is InChI=1S/C23H40O3/c1-2-3-4-5-6-7-8-9-10-11-12-13-14-21-15-17-23(18-16-21)26-20-22(25)19-24/h15-18,22,24-25H,2-14,19-20H2,1H3. The summed E-state index contributed by atoms with van der Waals surface area (Å²) in [5, 5.41) is 18.0. The molecule has 1 aromatic carbocycles. The summed E-state index contributed by atoms with van der Waals surface area (Å²) in [7, 11) is 0. The fraction of sp³-hybridized carbons (Fsp3) is 0.739. The number of rotatable bonds is 17. The minimum atomic E-state index is -0.810. The summed E-state index contributed by atoms with van der Waals surface area (Å²) in [6.45, 7) is 2.14. The number of aryl methyl sites for hydroxylation is 1. The Morgan fingerprint density at radius 3 is 1.77 bits per heavy atom. The average Bonchev–Trinajstić information content (AvgIpc) is 2.67. The molecule has 0 fully saturated rings. The molecule has 0 aliphatic rings. The normalized spacial score (nSPS) is 12.3. The van der Waals surface area contributed by atoms with E-state index in [9.17, 15) is 5.11 Å². The molecule has 0 aliphatic carbocycles. The Labute approximate surface area is 160 Å².